The summed E-state index contributed by atoms with van der Waals surface area (Å²) in [5.41, 5.74) is 0. The number of halogens is 1. The Labute approximate surface area is 90.4 Å². The summed E-state index contributed by atoms with van der Waals surface area (Å²) in [4.78, 5) is 14.9. The largest absolute Gasteiger partial charge is 0.479 e. The number of aromatic nitrogens is 1. The van der Waals surface area contributed by atoms with E-state index in [1.54, 1.807) is 25.3 Å². The van der Waals surface area contributed by atoms with Crippen molar-refractivity contribution in [2.75, 3.05) is 13.2 Å². The topological polar surface area (TPSA) is 48.4 Å². The third kappa shape index (κ3) is 3.33. The van der Waals surface area contributed by atoms with Gasteiger partial charge in [0.15, 0.2) is 12.4 Å². The van der Waals surface area contributed by atoms with Crippen LogP contribution in [0.1, 0.15) is 6.92 Å². The van der Waals surface area contributed by atoms with E-state index in [1.807, 2.05) is 0 Å². The fourth-order valence-electron chi connectivity index (χ4n) is 0.818. The number of hydrogen-bond acceptors (Lipinski definition) is 4. The zero-order valence-electron chi connectivity index (χ0n) is 7.70. The minimum absolute atomic E-state index is 0.0991. The molecule has 0 aromatic carbocycles. The Morgan fingerprint density at radius 3 is 3.07 bits per heavy atom. The minimum atomic E-state index is -0.386. The molecule has 1 rings (SSSR count). The molecule has 0 unspecified atom stereocenters. The number of carbonyl (C=O) groups excluding carboxylic acids is 1. The molecule has 0 saturated heterocycles. The molecule has 0 fully saturated rings. The van der Waals surface area contributed by atoms with E-state index in [1.165, 1.54) is 0 Å². The van der Waals surface area contributed by atoms with E-state index in [-0.39, 0.29) is 12.6 Å². The van der Waals surface area contributed by atoms with Crippen LogP contribution in [0.2, 0.25) is 0 Å². The van der Waals surface area contributed by atoms with Gasteiger partial charge in [0.2, 0.25) is 0 Å². The zero-order chi connectivity index (χ0) is 10.4. The van der Waals surface area contributed by atoms with Gasteiger partial charge in [-0.15, -0.1) is 0 Å². The van der Waals surface area contributed by atoms with E-state index in [0.717, 1.165) is 0 Å². The van der Waals surface area contributed by atoms with Crippen molar-refractivity contribution in [1.29, 1.82) is 0 Å². The summed E-state index contributed by atoms with van der Waals surface area (Å²) in [7, 11) is 0. The van der Waals surface area contributed by atoms with Crippen molar-refractivity contribution < 1.29 is 14.3 Å². The molecule has 0 radical (unpaired) electrons. The second-order valence-electron chi connectivity index (χ2n) is 2.39. The molecule has 0 aliphatic rings. The number of ether oxygens (including phenoxy) is 2. The predicted octanol–water partition coefficient (Wildman–Crippen LogP) is 1.79. The van der Waals surface area contributed by atoms with Crippen molar-refractivity contribution in [1.82, 2.24) is 4.98 Å². The second kappa shape index (κ2) is 5.59. The van der Waals surface area contributed by atoms with Gasteiger partial charge >= 0.3 is 5.97 Å². The maximum absolute atomic E-state index is 10.9. The molecule has 1 aromatic heterocycles. The molecule has 1 aromatic rings. The Kier molecular flexibility index (Phi) is 4.39. The molecule has 14 heavy (non-hydrogen) atoms. The van der Waals surface area contributed by atoms with E-state index in [9.17, 15) is 4.79 Å². The van der Waals surface area contributed by atoms with Crippen LogP contribution in [0, 0.1) is 0 Å². The van der Waals surface area contributed by atoms with Crippen molar-refractivity contribution in [3.05, 3.63) is 22.9 Å². The highest BCUT2D eigenvalue weighted by molar-refractivity contribution is 9.10. The molecule has 76 valence electrons. The number of carbonyl (C=O) groups is 1. The molecule has 1 heterocycles. The van der Waals surface area contributed by atoms with Crippen molar-refractivity contribution in [3.63, 3.8) is 0 Å². The summed E-state index contributed by atoms with van der Waals surface area (Å²) >= 11 is 3.20. The molecule has 0 aliphatic heterocycles. The van der Waals surface area contributed by atoms with Gasteiger partial charge in [-0.2, -0.15) is 0 Å². The van der Waals surface area contributed by atoms with Crippen molar-refractivity contribution >= 4 is 21.9 Å². The Hall–Kier alpha value is -1.10. The van der Waals surface area contributed by atoms with Gasteiger partial charge in [0.25, 0.3) is 0 Å². The fourth-order valence-corrected chi connectivity index (χ4v) is 1.18. The quantitative estimate of drug-likeness (QED) is 0.611. The highest BCUT2D eigenvalue weighted by Crippen LogP contribution is 2.20. The Balaban J connectivity index is 2.46. The van der Waals surface area contributed by atoms with Crippen molar-refractivity contribution in [2.24, 2.45) is 0 Å². The molecular formula is C9H10BrNO3. The molecule has 5 heteroatoms. The monoisotopic (exact) mass is 259 g/mol. The number of esters is 1. The Morgan fingerprint density at radius 1 is 1.64 bits per heavy atom. The van der Waals surface area contributed by atoms with Crippen LogP contribution in [0.4, 0.5) is 0 Å². The van der Waals surface area contributed by atoms with Crippen molar-refractivity contribution in [2.45, 2.75) is 6.92 Å². The van der Waals surface area contributed by atoms with E-state index in [0.29, 0.717) is 17.0 Å². The van der Waals surface area contributed by atoms with E-state index in [4.69, 9.17) is 9.47 Å². The average Bonchev–Trinajstić information content (AvgIpc) is 2.17. The Morgan fingerprint density at radius 2 is 2.43 bits per heavy atom. The molecule has 0 spiro atoms. The molecule has 4 nitrogen and oxygen atoms in total. The average molecular weight is 260 g/mol. The lowest BCUT2D eigenvalue weighted by atomic mass is 10.5. The standard InChI is InChI=1S/C9H10BrNO3/c1-2-13-8(12)6-14-7-4-3-5-11-9(7)10/h3-5H,2,6H2,1H3. The predicted molar refractivity (Wildman–Crippen MR) is 54.1 cm³/mol. The third-order valence-electron chi connectivity index (χ3n) is 1.38. The van der Waals surface area contributed by atoms with Gasteiger partial charge in [-0.25, -0.2) is 9.78 Å². The number of rotatable bonds is 4. The smallest absolute Gasteiger partial charge is 0.344 e. The number of hydrogen-bond donors (Lipinski definition) is 0. The van der Waals surface area contributed by atoms with Gasteiger partial charge in [-0.3, -0.25) is 0 Å². The Bertz CT molecular complexity index is 317. The van der Waals surface area contributed by atoms with Gasteiger partial charge < -0.3 is 9.47 Å². The molecule has 0 aliphatic carbocycles. The minimum Gasteiger partial charge on any atom is -0.479 e. The van der Waals surface area contributed by atoms with Crippen LogP contribution in [0.25, 0.3) is 0 Å². The first kappa shape index (κ1) is 11.0. The van der Waals surface area contributed by atoms with Crippen LogP contribution < -0.4 is 4.74 Å². The lowest BCUT2D eigenvalue weighted by Crippen LogP contribution is -2.14. The van der Waals surface area contributed by atoms with Gasteiger partial charge in [0, 0.05) is 6.20 Å². The summed E-state index contributed by atoms with van der Waals surface area (Å²) < 4.78 is 10.4. The van der Waals surface area contributed by atoms with E-state index in [2.05, 4.69) is 20.9 Å². The van der Waals surface area contributed by atoms with Crippen molar-refractivity contribution in [3.8, 4) is 5.75 Å². The first-order chi connectivity index (χ1) is 6.74. The second-order valence-corrected chi connectivity index (χ2v) is 3.14. The fraction of sp³-hybridized carbons (Fsp3) is 0.333. The normalized spacial score (nSPS) is 9.57. The summed E-state index contributed by atoms with van der Waals surface area (Å²) in [6.07, 6.45) is 1.63. The lowest BCUT2D eigenvalue weighted by Gasteiger charge is -2.06. The van der Waals surface area contributed by atoms with Gasteiger partial charge in [0.1, 0.15) is 4.60 Å². The van der Waals surface area contributed by atoms with Crippen LogP contribution in [0.15, 0.2) is 22.9 Å². The van der Waals surface area contributed by atoms with Crippen LogP contribution in [-0.2, 0) is 9.53 Å². The van der Waals surface area contributed by atoms with Gasteiger partial charge in [0.05, 0.1) is 6.61 Å². The highest BCUT2D eigenvalue weighted by atomic mass is 79.9. The molecule has 0 bridgehead atoms. The third-order valence-corrected chi connectivity index (χ3v) is 1.97. The summed E-state index contributed by atoms with van der Waals surface area (Å²) in [6.45, 7) is 2.01. The van der Waals surface area contributed by atoms with Gasteiger partial charge in [-0.1, -0.05) is 0 Å². The van der Waals surface area contributed by atoms with Crippen LogP contribution in [0.5, 0.6) is 5.75 Å². The van der Waals surface area contributed by atoms with E-state index < -0.39 is 0 Å². The molecular weight excluding hydrogens is 250 g/mol. The molecule has 0 amide bonds. The SMILES string of the molecule is CCOC(=O)COc1cccnc1Br. The summed E-state index contributed by atoms with van der Waals surface area (Å²) in [5, 5.41) is 0. The maximum atomic E-state index is 10.9. The molecule has 0 N–H and O–H groups in total. The van der Waals surface area contributed by atoms with Gasteiger partial charge in [-0.05, 0) is 35.0 Å². The molecule has 0 atom stereocenters. The van der Waals surface area contributed by atoms with Crippen LogP contribution >= 0.6 is 15.9 Å². The summed E-state index contributed by atoms with van der Waals surface area (Å²) in [6, 6.07) is 3.45. The first-order valence-electron chi connectivity index (χ1n) is 4.13. The highest BCUT2D eigenvalue weighted by Gasteiger charge is 2.05. The summed E-state index contributed by atoms with van der Waals surface area (Å²) in [5.74, 6) is 0.142. The van der Waals surface area contributed by atoms with Crippen LogP contribution in [-0.4, -0.2) is 24.2 Å². The molecule has 0 saturated carbocycles. The number of nitrogens with zero attached hydrogens (tertiary/aromatic N) is 1. The maximum Gasteiger partial charge on any atom is 0.344 e. The first-order valence-corrected chi connectivity index (χ1v) is 4.92. The van der Waals surface area contributed by atoms with Crippen LogP contribution in [0.3, 0.4) is 0 Å². The van der Waals surface area contributed by atoms with E-state index >= 15 is 0 Å². The number of pyridine rings is 1. The zero-order valence-corrected chi connectivity index (χ0v) is 9.28. The lowest BCUT2D eigenvalue weighted by molar-refractivity contribution is -0.145.